The summed E-state index contributed by atoms with van der Waals surface area (Å²) in [6, 6.07) is 13.0. The van der Waals surface area contributed by atoms with Crippen molar-refractivity contribution in [2.75, 3.05) is 11.1 Å². The lowest BCUT2D eigenvalue weighted by molar-refractivity contribution is -0.113. The fourth-order valence-corrected chi connectivity index (χ4v) is 3.82. The quantitative estimate of drug-likeness (QED) is 0.832. The van der Waals surface area contributed by atoms with E-state index in [0.717, 1.165) is 14.9 Å². The second kappa shape index (κ2) is 6.76. The van der Waals surface area contributed by atoms with E-state index in [4.69, 9.17) is 0 Å². The maximum absolute atomic E-state index is 12.5. The van der Waals surface area contributed by atoms with Crippen molar-refractivity contribution in [2.45, 2.75) is 17.9 Å². The van der Waals surface area contributed by atoms with Crippen LogP contribution in [-0.4, -0.2) is 17.6 Å². The zero-order chi connectivity index (χ0) is 16.4. The van der Waals surface area contributed by atoms with Crippen LogP contribution >= 0.6 is 27.7 Å². The van der Waals surface area contributed by atoms with Gasteiger partial charge in [-0.15, -0.1) is 11.8 Å². The molecular weight excluding hydrogens is 376 g/mol. The predicted octanol–water partition coefficient (Wildman–Crippen LogP) is 3.98. The van der Waals surface area contributed by atoms with Crippen LogP contribution in [0.25, 0.3) is 0 Å². The Kier molecular flexibility index (Phi) is 4.73. The summed E-state index contributed by atoms with van der Waals surface area (Å²) in [5.41, 5.74) is 2.25. The largest absolute Gasteiger partial charge is 0.345 e. The van der Waals surface area contributed by atoms with Crippen LogP contribution < -0.4 is 10.6 Å². The van der Waals surface area contributed by atoms with Gasteiger partial charge in [-0.2, -0.15) is 0 Å². The molecule has 0 spiro atoms. The fourth-order valence-electron chi connectivity index (χ4n) is 2.41. The van der Waals surface area contributed by atoms with E-state index >= 15 is 0 Å². The van der Waals surface area contributed by atoms with Gasteiger partial charge in [0.25, 0.3) is 5.91 Å². The van der Waals surface area contributed by atoms with E-state index in [1.807, 2.05) is 37.3 Å². The van der Waals surface area contributed by atoms with E-state index in [1.165, 1.54) is 11.8 Å². The average Bonchev–Trinajstić information content (AvgIpc) is 2.54. The van der Waals surface area contributed by atoms with Crippen LogP contribution in [-0.2, 0) is 4.79 Å². The molecule has 0 saturated heterocycles. The molecule has 0 aromatic heterocycles. The number of halogens is 1. The molecular formula is C17H15BrN2O2S. The summed E-state index contributed by atoms with van der Waals surface area (Å²) in [7, 11) is 0. The topological polar surface area (TPSA) is 58.2 Å². The summed E-state index contributed by atoms with van der Waals surface area (Å²) in [6.07, 6.45) is 0. The molecule has 4 nitrogen and oxygen atoms in total. The normalized spacial score (nSPS) is 14.6. The van der Waals surface area contributed by atoms with E-state index < -0.39 is 0 Å². The molecule has 2 aromatic carbocycles. The van der Waals surface area contributed by atoms with E-state index in [1.54, 1.807) is 12.1 Å². The number of benzene rings is 2. The lowest BCUT2D eigenvalue weighted by Crippen LogP contribution is -2.27. The van der Waals surface area contributed by atoms with E-state index in [0.29, 0.717) is 17.0 Å². The summed E-state index contributed by atoms with van der Waals surface area (Å²) in [5, 5.41) is 5.78. The lowest BCUT2D eigenvalue weighted by atomic mass is 10.1. The summed E-state index contributed by atoms with van der Waals surface area (Å²) in [4.78, 5) is 24.9. The molecule has 2 aromatic rings. The molecule has 1 aliphatic heterocycles. The number of hydrogen-bond acceptors (Lipinski definition) is 3. The van der Waals surface area contributed by atoms with Gasteiger partial charge >= 0.3 is 0 Å². The SMILES string of the molecule is C[C@H](NC(=O)c1ccc2c(c1)NC(=O)CS2)c1ccccc1Br. The van der Waals surface area contributed by atoms with E-state index in [9.17, 15) is 9.59 Å². The van der Waals surface area contributed by atoms with Gasteiger partial charge in [0.2, 0.25) is 5.91 Å². The van der Waals surface area contributed by atoms with Gasteiger partial charge in [-0.25, -0.2) is 0 Å². The van der Waals surface area contributed by atoms with Gasteiger partial charge < -0.3 is 10.6 Å². The highest BCUT2D eigenvalue weighted by Gasteiger charge is 2.18. The Morgan fingerprint density at radius 3 is 2.87 bits per heavy atom. The van der Waals surface area contributed by atoms with Gasteiger partial charge in [-0.1, -0.05) is 34.1 Å². The van der Waals surface area contributed by atoms with Crippen LogP contribution in [0, 0.1) is 0 Å². The monoisotopic (exact) mass is 390 g/mol. The molecule has 1 atom stereocenters. The second-order valence-corrected chi connectivity index (χ2v) is 7.14. The van der Waals surface area contributed by atoms with Gasteiger partial charge in [-0.3, -0.25) is 9.59 Å². The minimum atomic E-state index is -0.166. The van der Waals surface area contributed by atoms with Crippen molar-refractivity contribution in [3.8, 4) is 0 Å². The number of fused-ring (bicyclic) bond motifs is 1. The number of anilines is 1. The second-order valence-electron chi connectivity index (χ2n) is 5.26. The van der Waals surface area contributed by atoms with Crippen molar-refractivity contribution in [3.05, 3.63) is 58.1 Å². The molecule has 2 N–H and O–H groups in total. The Bertz CT molecular complexity index is 779. The van der Waals surface area contributed by atoms with Crippen molar-refractivity contribution < 1.29 is 9.59 Å². The molecule has 0 saturated carbocycles. The van der Waals surface area contributed by atoms with Crippen molar-refractivity contribution in [3.63, 3.8) is 0 Å². The summed E-state index contributed by atoms with van der Waals surface area (Å²) >= 11 is 4.98. The first-order valence-electron chi connectivity index (χ1n) is 7.16. The Labute approximate surface area is 147 Å². The standard InChI is InChI=1S/C17H15BrN2O2S/c1-10(12-4-2-3-5-13(12)18)19-17(22)11-6-7-15-14(8-11)20-16(21)9-23-15/h2-8,10H,9H2,1H3,(H,19,22)(H,20,21)/t10-/m0/s1. The third-order valence-corrected chi connectivity index (χ3v) is 5.39. The molecule has 23 heavy (non-hydrogen) atoms. The van der Waals surface area contributed by atoms with Crippen molar-refractivity contribution in [1.29, 1.82) is 0 Å². The molecule has 118 valence electrons. The number of hydrogen-bond donors (Lipinski definition) is 2. The molecule has 0 radical (unpaired) electrons. The van der Waals surface area contributed by atoms with Gasteiger partial charge in [0, 0.05) is 14.9 Å². The molecule has 2 amide bonds. The Morgan fingerprint density at radius 2 is 2.09 bits per heavy atom. The molecule has 6 heteroatoms. The highest BCUT2D eigenvalue weighted by Crippen LogP contribution is 2.32. The third-order valence-electron chi connectivity index (χ3n) is 3.59. The van der Waals surface area contributed by atoms with Gasteiger partial charge in [0.1, 0.15) is 0 Å². The van der Waals surface area contributed by atoms with Gasteiger partial charge in [-0.05, 0) is 36.8 Å². The van der Waals surface area contributed by atoms with Crippen LogP contribution in [0.15, 0.2) is 51.8 Å². The van der Waals surface area contributed by atoms with E-state index in [-0.39, 0.29) is 17.9 Å². The van der Waals surface area contributed by atoms with Gasteiger partial charge in [0.05, 0.1) is 17.5 Å². The molecule has 0 fully saturated rings. The van der Waals surface area contributed by atoms with Crippen molar-refractivity contribution in [2.24, 2.45) is 0 Å². The van der Waals surface area contributed by atoms with E-state index in [2.05, 4.69) is 26.6 Å². The number of nitrogens with one attached hydrogen (secondary N) is 2. The maximum atomic E-state index is 12.5. The number of amides is 2. The minimum absolute atomic E-state index is 0.0401. The third kappa shape index (κ3) is 3.59. The summed E-state index contributed by atoms with van der Waals surface area (Å²) < 4.78 is 0.960. The fraction of sp³-hybridized carbons (Fsp3) is 0.176. The first-order valence-corrected chi connectivity index (χ1v) is 8.94. The van der Waals surface area contributed by atoms with Crippen LogP contribution in [0.3, 0.4) is 0 Å². The average molecular weight is 391 g/mol. The number of rotatable bonds is 3. The predicted molar refractivity (Wildman–Crippen MR) is 95.8 cm³/mol. The Morgan fingerprint density at radius 1 is 1.30 bits per heavy atom. The molecule has 0 aliphatic carbocycles. The molecule has 1 heterocycles. The molecule has 0 bridgehead atoms. The van der Waals surface area contributed by atoms with Crippen LogP contribution in [0.2, 0.25) is 0 Å². The minimum Gasteiger partial charge on any atom is -0.345 e. The highest BCUT2D eigenvalue weighted by molar-refractivity contribution is 9.10. The lowest BCUT2D eigenvalue weighted by Gasteiger charge is -2.19. The van der Waals surface area contributed by atoms with Crippen LogP contribution in [0.5, 0.6) is 0 Å². The van der Waals surface area contributed by atoms with Crippen molar-refractivity contribution >= 4 is 45.2 Å². The Balaban J connectivity index is 1.77. The van der Waals surface area contributed by atoms with Gasteiger partial charge in [0.15, 0.2) is 0 Å². The molecule has 0 unspecified atom stereocenters. The smallest absolute Gasteiger partial charge is 0.251 e. The van der Waals surface area contributed by atoms with Crippen LogP contribution in [0.1, 0.15) is 28.9 Å². The molecule has 3 rings (SSSR count). The maximum Gasteiger partial charge on any atom is 0.251 e. The zero-order valence-electron chi connectivity index (χ0n) is 12.4. The number of carbonyl (C=O) groups is 2. The first-order chi connectivity index (χ1) is 11.0. The molecule has 1 aliphatic rings. The zero-order valence-corrected chi connectivity index (χ0v) is 14.8. The van der Waals surface area contributed by atoms with Crippen LogP contribution in [0.4, 0.5) is 5.69 Å². The highest BCUT2D eigenvalue weighted by atomic mass is 79.9. The number of carbonyl (C=O) groups excluding carboxylic acids is 2. The number of thioether (sulfide) groups is 1. The Hall–Kier alpha value is -1.79. The van der Waals surface area contributed by atoms with Crippen molar-refractivity contribution in [1.82, 2.24) is 5.32 Å². The summed E-state index contributed by atoms with van der Waals surface area (Å²) in [5.74, 6) is 0.208. The first kappa shape index (κ1) is 16.1. The summed E-state index contributed by atoms with van der Waals surface area (Å²) in [6.45, 7) is 1.94.